The van der Waals surface area contributed by atoms with Crippen molar-refractivity contribution >= 4 is 38.2 Å². The third kappa shape index (κ3) is 3.74. The van der Waals surface area contributed by atoms with Gasteiger partial charge in [-0.2, -0.15) is 5.26 Å². The second-order valence-corrected chi connectivity index (χ2v) is 7.34. The van der Waals surface area contributed by atoms with Crippen LogP contribution in [0.2, 0.25) is 0 Å². The van der Waals surface area contributed by atoms with Gasteiger partial charge in [0, 0.05) is 9.35 Å². The van der Waals surface area contributed by atoms with E-state index < -0.39 is 0 Å². The molecular weight excluding hydrogens is 376 g/mol. The smallest absolute Gasteiger partial charge is 0.262 e. The quantitative estimate of drug-likeness (QED) is 0.846. The van der Waals surface area contributed by atoms with Crippen LogP contribution < -0.4 is 10.1 Å². The van der Waals surface area contributed by atoms with E-state index in [1.54, 1.807) is 12.1 Å². The fourth-order valence-electron chi connectivity index (χ4n) is 2.64. The van der Waals surface area contributed by atoms with E-state index in [0.29, 0.717) is 16.3 Å². The van der Waals surface area contributed by atoms with Gasteiger partial charge in [0.05, 0.1) is 5.56 Å². The van der Waals surface area contributed by atoms with Crippen LogP contribution in [0, 0.1) is 11.3 Å². The van der Waals surface area contributed by atoms with E-state index in [4.69, 9.17) is 4.74 Å². The van der Waals surface area contributed by atoms with Crippen LogP contribution in [0.15, 0.2) is 28.7 Å². The van der Waals surface area contributed by atoms with Crippen molar-refractivity contribution in [1.82, 2.24) is 0 Å². The summed E-state index contributed by atoms with van der Waals surface area (Å²) in [5.41, 5.74) is 1.74. The van der Waals surface area contributed by atoms with Gasteiger partial charge in [-0.3, -0.25) is 4.79 Å². The van der Waals surface area contributed by atoms with Crippen LogP contribution in [-0.2, 0) is 17.6 Å². The number of ether oxygens (including phenoxy) is 1. The lowest BCUT2D eigenvalue weighted by Gasteiger charge is -2.09. The summed E-state index contributed by atoms with van der Waals surface area (Å²) in [5.74, 6) is 0.376. The lowest BCUT2D eigenvalue weighted by atomic mass is 9.96. The van der Waals surface area contributed by atoms with Crippen molar-refractivity contribution in [3.05, 3.63) is 44.7 Å². The predicted molar refractivity (Wildman–Crippen MR) is 93.9 cm³/mol. The highest BCUT2D eigenvalue weighted by atomic mass is 79.9. The van der Waals surface area contributed by atoms with Gasteiger partial charge in [-0.1, -0.05) is 22.0 Å². The number of nitriles is 1. The van der Waals surface area contributed by atoms with Gasteiger partial charge in [0.1, 0.15) is 16.8 Å². The van der Waals surface area contributed by atoms with Crippen LogP contribution in [0.25, 0.3) is 0 Å². The molecule has 0 radical (unpaired) electrons. The molecule has 0 bridgehead atoms. The molecule has 0 atom stereocenters. The molecular formula is C17H15BrN2O2S. The summed E-state index contributed by atoms with van der Waals surface area (Å²) >= 11 is 4.88. The Kier molecular flexibility index (Phi) is 4.99. The van der Waals surface area contributed by atoms with E-state index in [2.05, 4.69) is 27.3 Å². The van der Waals surface area contributed by atoms with Crippen molar-refractivity contribution in [2.24, 2.45) is 0 Å². The first kappa shape index (κ1) is 16.0. The number of benzene rings is 1. The molecule has 1 aliphatic rings. The topological polar surface area (TPSA) is 62.1 Å². The number of aryl methyl sites for hydroxylation is 1. The fraction of sp³-hybridized carbons (Fsp3) is 0.294. The van der Waals surface area contributed by atoms with Gasteiger partial charge in [0.15, 0.2) is 6.61 Å². The molecule has 1 aromatic carbocycles. The molecule has 0 saturated heterocycles. The van der Waals surface area contributed by atoms with Gasteiger partial charge in [0.25, 0.3) is 5.91 Å². The third-order valence-corrected chi connectivity index (χ3v) is 5.40. The zero-order valence-corrected chi connectivity index (χ0v) is 14.8. The Morgan fingerprint density at radius 3 is 3.00 bits per heavy atom. The minimum absolute atomic E-state index is 0.0795. The summed E-state index contributed by atoms with van der Waals surface area (Å²) in [6.45, 7) is -0.0795. The molecule has 23 heavy (non-hydrogen) atoms. The van der Waals surface area contributed by atoms with Crippen LogP contribution in [0.3, 0.4) is 0 Å². The van der Waals surface area contributed by atoms with Gasteiger partial charge in [-0.25, -0.2) is 0 Å². The number of carbonyl (C=O) groups excluding carboxylic acids is 1. The molecule has 1 heterocycles. The minimum Gasteiger partial charge on any atom is -0.484 e. The fourth-order valence-corrected chi connectivity index (χ4v) is 4.27. The highest BCUT2D eigenvalue weighted by Crippen LogP contribution is 2.37. The number of rotatable bonds is 4. The molecule has 0 unspecified atom stereocenters. The molecule has 1 aliphatic carbocycles. The molecule has 0 saturated carbocycles. The molecule has 1 amide bonds. The number of fused-ring (bicyclic) bond motifs is 1. The minimum atomic E-state index is -0.250. The molecule has 2 aromatic rings. The van der Waals surface area contributed by atoms with Crippen LogP contribution in [0.5, 0.6) is 5.75 Å². The third-order valence-electron chi connectivity index (χ3n) is 3.70. The van der Waals surface area contributed by atoms with Crippen LogP contribution in [0.4, 0.5) is 5.00 Å². The van der Waals surface area contributed by atoms with E-state index in [1.165, 1.54) is 16.2 Å². The molecule has 118 valence electrons. The maximum Gasteiger partial charge on any atom is 0.262 e. The van der Waals surface area contributed by atoms with Crippen molar-refractivity contribution < 1.29 is 9.53 Å². The van der Waals surface area contributed by atoms with Crippen molar-refractivity contribution in [2.45, 2.75) is 25.7 Å². The second-order valence-electron chi connectivity index (χ2n) is 5.32. The Bertz CT molecular complexity index is 779. The molecule has 0 fully saturated rings. The summed E-state index contributed by atoms with van der Waals surface area (Å²) in [5, 5.41) is 12.9. The summed E-state index contributed by atoms with van der Waals surface area (Å²) in [4.78, 5) is 13.3. The number of anilines is 1. The normalized spacial score (nSPS) is 13.0. The number of carbonyl (C=O) groups is 1. The second kappa shape index (κ2) is 7.16. The number of amides is 1. The molecule has 0 aliphatic heterocycles. The van der Waals surface area contributed by atoms with Crippen molar-refractivity contribution in [1.29, 1.82) is 5.26 Å². The molecule has 3 rings (SSSR count). The van der Waals surface area contributed by atoms with Crippen molar-refractivity contribution in [3.63, 3.8) is 0 Å². The van der Waals surface area contributed by atoms with Gasteiger partial charge in [-0.05, 0) is 49.4 Å². The SMILES string of the molecule is N#Cc1c(NC(=O)COc2cccc(Br)c2)sc2c1CCCC2. The molecule has 6 heteroatoms. The maximum atomic E-state index is 12.1. The number of halogens is 1. The van der Waals surface area contributed by atoms with E-state index in [1.807, 2.05) is 12.1 Å². The Balaban J connectivity index is 1.66. The van der Waals surface area contributed by atoms with Crippen LogP contribution in [0.1, 0.15) is 28.8 Å². The first-order valence-corrected chi connectivity index (χ1v) is 9.01. The van der Waals surface area contributed by atoms with E-state index >= 15 is 0 Å². The number of nitrogens with zero attached hydrogens (tertiary/aromatic N) is 1. The zero-order valence-electron chi connectivity index (χ0n) is 12.4. The summed E-state index contributed by atoms with van der Waals surface area (Å²) in [6, 6.07) is 9.57. The Morgan fingerprint density at radius 1 is 1.39 bits per heavy atom. The largest absolute Gasteiger partial charge is 0.484 e. The molecule has 0 spiro atoms. The average molecular weight is 391 g/mol. The Morgan fingerprint density at radius 2 is 2.22 bits per heavy atom. The first-order valence-electron chi connectivity index (χ1n) is 7.40. The number of thiophene rings is 1. The van der Waals surface area contributed by atoms with Gasteiger partial charge >= 0.3 is 0 Å². The Labute approximate surface area is 147 Å². The maximum absolute atomic E-state index is 12.1. The summed E-state index contributed by atoms with van der Waals surface area (Å²) < 4.78 is 6.37. The van der Waals surface area contributed by atoms with E-state index in [0.717, 1.165) is 35.7 Å². The highest BCUT2D eigenvalue weighted by molar-refractivity contribution is 9.10. The standard InChI is InChI=1S/C17H15BrN2O2S/c18-11-4-3-5-12(8-11)22-10-16(21)20-17-14(9-19)13-6-1-2-7-15(13)23-17/h3-5,8H,1-2,6-7,10H2,(H,20,21). The predicted octanol–water partition coefficient (Wildman–Crippen LogP) is 4.28. The number of nitrogens with one attached hydrogen (secondary N) is 1. The summed E-state index contributed by atoms with van der Waals surface area (Å²) in [7, 11) is 0. The van der Waals surface area contributed by atoms with Gasteiger partial charge < -0.3 is 10.1 Å². The van der Waals surface area contributed by atoms with Crippen molar-refractivity contribution in [3.8, 4) is 11.8 Å². The highest BCUT2D eigenvalue weighted by Gasteiger charge is 2.21. The monoisotopic (exact) mass is 390 g/mol. The lowest BCUT2D eigenvalue weighted by molar-refractivity contribution is -0.118. The lowest BCUT2D eigenvalue weighted by Crippen LogP contribution is -2.20. The number of hydrogen-bond acceptors (Lipinski definition) is 4. The zero-order chi connectivity index (χ0) is 16.2. The van der Waals surface area contributed by atoms with Crippen LogP contribution >= 0.6 is 27.3 Å². The van der Waals surface area contributed by atoms with Gasteiger partial charge in [0.2, 0.25) is 0 Å². The Hall–Kier alpha value is -1.84. The van der Waals surface area contributed by atoms with E-state index in [9.17, 15) is 10.1 Å². The first-order chi connectivity index (χ1) is 11.2. The number of hydrogen-bond donors (Lipinski definition) is 1. The molecule has 1 aromatic heterocycles. The van der Waals surface area contributed by atoms with E-state index in [-0.39, 0.29) is 12.5 Å². The average Bonchev–Trinajstić information content (AvgIpc) is 2.90. The molecule has 4 nitrogen and oxygen atoms in total. The van der Waals surface area contributed by atoms with Gasteiger partial charge in [-0.15, -0.1) is 11.3 Å². The molecule has 1 N–H and O–H groups in total. The van der Waals surface area contributed by atoms with Crippen molar-refractivity contribution in [2.75, 3.05) is 11.9 Å². The summed E-state index contributed by atoms with van der Waals surface area (Å²) in [6.07, 6.45) is 4.19. The van der Waals surface area contributed by atoms with Crippen LogP contribution in [-0.4, -0.2) is 12.5 Å².